The van der Waals surface area contributed by atoms with Gasteiger partial charge in [-0.15, -0.1) is 0 Å². The second-order valence-electron chi connectivity index (χ2n) is 5.18. The zero-order chi connectivity index (χ0) is 14.7. The Morgan fingerprint density at radius 3 is 2.26 bits per heavy atom. The van der Waals surface area contributed by atoms with Gasteiger partial charge in [0.05, 0.1) is 4.90 Å². The fourth-order valence-electron chi connectivity index (χ4n) is 1.91. The van der Waals surface area contributed by atoms with E-state index in [2.05, 4.69) is 4.72 Å². The van der Waals surface area contributed by atoms with Gasteiger partial charge in [-0.3, -0.25) is 0 Å². The Labute approximate surface area is 116 Å². The molecule has 0 bridgehead atoms. The highest BCUT2D eigenvalue weighted by Crippen LogP contribution is 2.21. The van der Waals surface area contributed by atoms with Gasteiger partial charge in [-0.25, -0.2) is 13.1 Å². The third-order valence-electron chi connectivity index (χ3n) is 3.71. The van der Waals surface area contributed by atoms with E-state index in [1.165, 1.54) is 0 Å². The Bertz CT molecular complexity index is 534. The topological polar surface area (TPSA) is 72.2 Å². The van der Waals surface area contributed by atoms with E-state index >= 15 is 0 Å². The molecule has 0 atom stereocenters. The minimum Gasteiger partial charge on any atom is -0.326 e. The zero-order valence-corrected chi connectivity index (χ0v) is 13.0. The molecule has 4 nitrogen and oxygen atoms in total. The van der Waals surface area contributed by atoms with Crippen LogP contribution < -0.4 is 10.5 Å². The van der Waals surface area contributed by atoms with Gasteiger partial charge in [0.25, 0.3) is 0 Å². The van der Waals surface area contributed by atoms with Gasteiger partial charge in [-0.2, -0.15) is 0 Å². The van der Waals surface area contributed by atoms with E-state index < -0.39 is 15.6 Å². The van der Waals surface area contributed by atoms with Gasteiger partial charge in [0.15, 0.2) is 0 Å². The van der Waals surface area contributed by atoms with Crippen LogP contribution in [0.5, 0.6) is 0 Å². The average Bonchev–Trinajstić information content (AvgIpc) is 2.37. The van der Waals surface area contributed by atoms with Crippen molar-refractivity contribution in [2.75, 3.05) is 0 Å². The molecule has 19 heavy (non-hydrogen) atoms. The quantitative estimate of drug-likeness (QED) is 0.842. The maximum atomic E-state index is 12.4. The molecule has 1 aromatic rings. The lowest BCUT2D eigenvalue weighted by molar-refractivity contribution is 0.388. The van der Waals surface area contributed by atoms with Gasteiger partial charge in [-0.05, 0) is 43.9 Å². The van der Waals surface area contributed by atoms with Crippen molar-refractivity contribution in [3.63, 3.8) is 0 Å². The molecule has 1 rings (SSSR count). The number of sulfonamides is 1. The summed E-state index contributed by atoms with van der Waals surface area (Å²) in [6, 6.07) is 5.21. The number of benzene rings is 1. The molecular weight excluding hydrogens is 260 g/mol. The molecule has 0 aromatic heterocycles. The van der Waals surface area contributed by atoms with Gasteiger partial charge in [0, 0.05) is 12.1 Å². The van der Waals surface area contributed by atoms with Crippen LogP contribution in [0.1, 0.15) is 44.7 Å². The maximum absolute atomic E-state index is 12.4. The van der Waals surface area contributed by atoms with Gasteiger partial charge in [0.1, 0.15) is 0 Å². The van der Waals surface area contributed by atoms with Crippen LogP contribution in [0.3, 0.4) is 0 Å². The fraction of sp³-hybridized carbons (Fsp3) is 0.571. The summed E-state index contributed by atoms with van der Waals surface area (Å²) < 4.78 is 27.7. The molecule has 0 amide bonds. The molecule has 0 spiro atoms. The largest absolute Gasteiger partial charge is 0.326 e. The SMILES string of the molecule is CCC(C)(CC)NS(=O)(=O)c1ccc(CN)cc1C. The first-order chi connectivity index (χ1) is 8.78. The first kappa shape index (κ1) is 16.1. The predicted octanol–water partition coefficient (Wildman–Crippen LogP) is 2.31. The highest BCUT2D eigenvalue weighted by Gasteiger charge is 2.28. The maximum Gasteiger partial charge on any atom is 0.241 e. The molecule has 0 radical (unpaired) electrons. The van der Waals surface area contributed by atoms with Crippen molar-refractivity contribution in [1.82, 2.24) is 4.72 Å². The Morgan fingerprint density at radius 1 is 1.26 bits per heavy atom. The van der Waals surface area contributed by atoms with Gasteiger partial charge >= 0.3 is 0 Å². The van der Waals surface area contributed by atoms with E-state index in [-0.39, 0.29) is 0 Å². The Hall–Kier alpha value is -0.910. The summed E-state index contributed by atoms with van der Waals surface area (Å²) in [7, 11) is -3.49. The predicted molar refractivity (Wildman–Crippen MR) is 78.4 cm³/mol. The van der Waals surface area contributed by atoms with Crippen LogP contribution in [0, 0.1) is 6.92 Å². The number of aryl methyl sites for hydroxylation is 1. The first-order valence-electron chi connectivity index (χ1n) is 6.61. The average molecular weight is 284 g/mol. The normalized spacial score (nSPS) is 12.7. The second-order valence-corrected chi connectivity index (χ2v) is 6.83. The summed E-state index contributed by atoms with van der Waals surface area (Å²) >= 11 is 0. The summed E-state index contributed by atoms with van der Waals surface area (Å²) in [6.07, 6.45) is 1.51. The Balaban J connectivity index is 3.14. The number of rotatable bonds is 6. The van der Waals surface area contributed by atoms with Gasteiger partial charge < -0.3 is 5.73 Å². The smallest absolute Gasteiger partial charge is 0.241 e. The van der Waals surface area contributed by atoms with Gasteiger partial charge in [-0.1, -0.05) is 26.0 Å². The van der Waals surface area contributed by atoms with E-state index in [1.807, 2.05) is 26.8 Å². The number of hydrogen-bond donors (Lipinski definition) is 2. The van der Waals surface area contributed by atoms with Crippen molar-refractivity contribution in [2.24, 2.45) is 5.73 Å². The lowest BCUT2D eigenvalue weighted by Crippen LogP contribution is -2.45. The standard InChI is InChI=1S/C14H24N2O2S/c1-5-14(4,6-2)16-19(17,18)13-8-7-12(10-15)9-11(13)3/h7-9,16H,5-6,10,15H2,1-4H3. The van der Waals surface area contributed by atoms with Crippen molar-refractivity contribution in [3.05, 3.63) is 29.3 Å². The molecule has 108 valence electrons. The molecule has 3 N–H and O–H groups in total. The second kappa shape index (κ2) is 6.03. The van der Waals surface area contributed by atoms with Crippen LogP contribution in [0.2, 0.25) is 0 Å². The van der Waals surface area contributed by atoms with Crippen molar-refractivity contribution in [2.45, 2.75) is 57.5 Å². The minimum atomic E-state index is -3.49. The summed E-state index contributed by atoms with van der Waals surface area (Å²) in [5, 5.41) is 0. The molecule has 0 saturated heterocycles. The molecule has 0 aliphatic heterocycles. The molecule has 1 aromatic carbocycles. The van der Waals surface area contributed by atoms with Gasteiger partial charge in [0.2, 0.25) is 10.0 Å². The zero-order valence-electron chi connectivity index (χ0n) is 12.2. The minimum absolute atomic E-state index is 0.331. The number of hydrogen-bond acceptors (Lipinski definition) is 3. The Kier molecular flexibility index (Phi) is 5.12. The highest BCUT2D eigenvalue weighted by atomic mass is 32.2. The van der Waals surface area contributed by atoms with Crippen LogP contribution >= 0.6 is 0 Å². The Morgan fingerprint density at radius 2 is 1.84 bits per heavy atom. The van der Waals surface area contributed by atoms with Crippen LogP contribution in [0.4, 0.5) is 0 Å². The number of nitrogens with two attached hydrogens (primary N) is 1. The first-order valence-corrected chi connectivity index (χ1v) is 8.10. The summed E-state index contributed by atoms with van der Waals surface area (Å²) in [6.45, 7) is 8.10. The summed E-state index contributed by atoms with van der Waals surface area (Å²) in [5.41, 5.74) is 6.81. The molecule has 0 heterocycles. The molecular formula is C14H24N2O2S. The third-order valence-corrected chi connectivity index (χ3v) is 5.50. The van der Waals surface area contributed by atoms with Crippen molar-refractivity contribution < 1.29 is 8.42 Å². The van der Waals surface area contributed by atoms with E-state index in [1.54, 1.807) is 19.1 Å². The van der Waals surface area contributed by atoms with E-state index in [4.69, 9.17) is 5.73 Å². The number of nitrogens with one attached hydrogen (secondary N) is 1. The molecule has 0 aliphatic carbocycles. The monoisotopic (exact) mass is 284 g/mol. The lowest BCUT2D eigenvalue weighted by Gasteiger charge is -2.28. The fourth-order valence-corrected chi connectivity index (χ4v) is 3.69. The summed E-state index contributed by atoms with van der Waals surface area (Å²) in [4.78, 5) is 0.331. The van der Waals surface area contributed by atoms with E-state index in [0.717, 1.165) is 24.0 Å². The molecule has 0 aliphatic rings. The van der Waals surface area contributed by atoms with Crippen LogP contribution in [-0.4, -0.2) is 14.0 Å². The third kappa shape index (κ3) is 3.78. The van der Waals surface area contributed by atoms with Crippen molar-refractivity contribution >= 4 is 10.0 Å². The lowest BCUT2D eigenvalue weighted by atomic mass is 9.98. The molecule has 0 unspecified atom stereocenters. The summed E-state index contributed by atoms with van der Waals surface area (Å²) in [5.74, 6) is 0. The van der Waals surface area contributed by atoms with Crippen molar-refractivity contribution in [1.29, 1.82) is 0 Å². The van der Waals surface area contributed by atoms with Crippen LogP contribution in [0.25, 0.3) is 0 Å². The van der Waals surface area contributed by atoms with Crippen molar-refractivity contribution in [3.8, 4) is 0 Å². The molecule has 5 heteroatoms. The molecule has 0 saturated carbocycles. The van der Waals surface area contributed by atoms with Crippen LogP contribution in [0.15, 0.2) is 23.1 Å². The molecule has 0 fully saturated rings. The van der Waals surface area contributed by atoms with Crippen LogP contribution in [-0.2, 0) is 16.6 Å². The van der Waals surface area contributed by atoms with E-state index in [9.17, 15) is 8.42 Å². The highest BCUT2D eigenvalue weighted by molar-refractivity contribution is 7.89. The van der Waals surface area contributed by atoms with E-state index in [0.29, 0.717) is 11.4 Å².